The van der Waals surface area contributed by atoms with E-state index >= 15 is 0 Å². The van der Waals surface area contributed by atoms with Gasteiger partial charge in [-0.15, -0.1) is 12.4 Å². The lowest BCUT2D eigenvalue weighted by atomic mass is 11.0. The van der Waals surface area contributed by atoms with Crippen LogP contribution in [0, 0.1) is 6.92 Å². The highest BCUT2D eigenvalue weighted by Crippen LogP contribution is 1.11. The summed E-state index contributed by atoms with van der Waals surface area (Å²) in [5, 5.41) is 0. The third-order valence-electron chi connectivity index (χ3n) is 0. The van der Waals surface area contributed by atoms with Gasteiger partial charge in [0.15, 0.2) is 0 Å². The van der Waals surface area contributed by atoms with E-state index in [2.05, 4.69) is 6.92 Å². The third kappa shape index (κ3) is 45.3. The summed E-state index contributed by atoms with van der Waals surface area (Å²) in [5.74, 6) is 0. The Kier molecular flexibility index (Phi) is 1430. The van der Waals surface area contributed by atoms with Crippen LogP contribution in [-0.4, -0.2) is 0 Å². The van der Waals surface area contributed by atoms with Gasteiger partial charge in [-0.3, -0.25) is 0 Å². The molecule has 0 spiro atoms. The van der Waals surface area contributed by atoms with Gasteiger partial charge in [0.1, 0.15) is 0 Å². The van der Waals surface area contributed by atoms with Crippen molar-refractivity contribution in [1.29, 1.82) is 0 Å². The first-order valence-corrected chi connectivity index (χ1v) is 0.707. The molecule has 0 nitrogen and oxygen atoms in total. The van der Waals surface area contributed by atoms with Gasteiger partial charge in [-0.2, -0.15) is 6.92 Å². The summed E-state index contributed by atoms with van der Waals surface area (Å²) in [5.41, 5.74) is 0. The predicted molar refractivity (Wildman–Crippen MR) is 25.0 cm³/mol. The molecule has 0 N–H and O–H groups in total. The van der Waals surface area contributed by atoms with Crippen molar-refractivity contribution in [2.75, 3.05) is 0 Å². The Morgan fingerprint density at radius 1 is 1.25 bits per heavy atom. The molecule has 0 fully saturated rings. The van der Waals surface area contributed by atoms with E-state index in [0.717, 1.165) is 0 Å². The van der Waals surface area contributed by atoms with E-state index in [4.69, 9.17) is 0 Å². The summed E-state index contributed by atoms with van der Waals surface area (Å²) >= 11 is 0. The summed E-state index contributed by atoms with van der Waals surface area (Å²) in [6.45, 7) is 5.00. The molecule has 0 aliphatic rings. The molecule has 4 heavy (non-hydrogen) atoms. The Bertz CT molecular complexity index is 3.25. The first kappa shape index (κ1) is 27.9. The second kappa shape index (κ2) is 205. The molecule has 0 aliphatic carbocycles. The van der Waals surface area contributed by atoms with E-state index < -0.39 is 0 Å². The molecular formula is C3H10Cl-. The summed E-state index contributed by atoms with van der Waals surface area (Å²) in [7, 11) is 0. The standard InChI is InChI=1S/C2H5.CH4.ClH/c1-2;;/h1H2,2H3;1H4;1H/q-1;;. The van der Waals surface area contributed by atoms with Gasteiger partial charge >= 0.3 is 0 Å². The van der Waals surface area contributed by atoms with Crippen LogP contribution < -0.4 is 0 Å². The Morgan fingerprint density at radius 2 is 1.25 bits per heavy atom. The highest BCUT2D eigenvalue weighted by Gasteiger charge is 0.733. The Morgan fingerprint density at radius 3 is 1.25 bits per heavy atom. The minimum Gasteiger partial charge on any atom is -0.346 e. The smallest absolute Gasteiger partial charge is 0.0776 e. The van der Waals surface area contributed by atoms with Crippen LogP contribution in [0.2, 0.25) is 0 Å². The van der Waals surface area contributed by atoms with Gasteiger partial charge in [-0.05, 0) is 0 Å². The Balaban J connectivity index is -0.00000000500. The van der Waals surface area contributed by atoms with Gasteiger partial charge in [-0.1, -0.05) is 7.43 Å². The van der Waals surface area contributed by atoms with E-state index in [1.54, 1.807) is 6.92 Å². The van der Waals surface area contributed by atoms with Crippen molar-refractivity contribution in [3.05, 3.63) is 6.92 Å². The van der Waals surface area contributed by atoms with Crippen molar-refractivity contribution in [3.8, 4) is 0 Å². The number of rotatable bonds is 0. The first-order valence-electron chi connectivity index (χ1n) is 0.707. The molecule has 0 atom stereocenters. The molecule has 0 radical (unpaired) electrons. The van der Waals surface area contributed by atoms with Crippen molar-refractivity contribution in [2.45, 2.75) is 14.4 Å². The fourth-order valence-corrected chi connectivity index (χ4v) is 0. The lowest BCUT2D eigenvalue weighted by molar-refractivity contribution is 1.81. The molecule has 0 unspecified atom stereocenters. The maximum Gasteiger partial charge on any atom is -0.0776 e. The zero-order valence-electron chi connectivity index (χ0n) is 2.12. The van der Waals surface area contributed by atoms with Crippen LogP contribution in [0.15, 0.2) is 0 Å². The van der Waals surface area contributed by atoms with E-state index in [0.29, 0.717) is 0 Å². The van der Waals surface area contributed by atoms with Crippen LogP contribution >= 0.6 is 12.4 Å². The van der Waals surface area contributed by atoms with Crippen molar-refractivity contribution in [3.63, 3.8) is 0 Å². The Labute approximate surface area is 34.6 Å². The first-order chi connectivity index (χ1) is 1.00. The van der Waals surface area contributed by atoms with Gasteiger partial charge in [0.05, 0.1) is 0 Å². The molecule has 0 amide bonds. The van der Waals surface area contributed by atoms with Crippen molar-refractivity contribution in [2.24, 2.45) is 0 Å². The fraction of sp³-hybridized carbons (Fsp3) is 0.667. The van der Waals surface area contributed by atoms with E-state index in [1.807, 2.05) is 0 Å². The molecule has 0 aromatic heterocycles. The maximum atomic E-state index is 3.25. The van der Waals surface area contributed by atoms with Crippen molar-refractivity contribution in [1.82, 2.24) is 0 Å². The molecule has 0 heterocycles. The second-order valence-electron chi connectivity index (χ2n) is 0. The summed E-state index contributed by atoms with van der Waals surface area (Å²) < 4.78 is 0. The average Bonchev–Trinajstić information content (AvgIpc) is 1.00. The predicted octanol–water partition coefficient (Wildman–Crippen LogP) is 1.90. The highest BCUT2D eigenvalue weighted by atomic mass is 35.5. The summed E-state index contributed by atoms with van der Waals surface area (Å²) in [6, 6.07) is 0. The monoisotopic (exact) mass is 81.0 g/mol. The second-order valence-corrected chi connectivity index (χ2v) is 0. The minimum atomic E-state index is 0. The summed E-state index contributed by atoms with van der Waals surface area (Å²) in [4.78, 5) is 0. The minimum absolute atomic E-state index is 0. The lowest BCUT2D eigenvalue weighted by Crippen LogP contribution is -0.888. The van der Waals surface area contributed by atoms with Crippen LogP contribution in [0.4, 0.5) is 0 Å². The van der Waals surface area contributed by atoms with Gasteiger partial charge in [0.25, 0.3) is 0 Å². The molecule has 1 heteroatoms. The SMILES string of the molecule is C.Cl.[CH2-]C. The van der Waals surface area contributed by atoms with Crippen LogP contribution in [0.1, 0.15) is 14.4 Å². The number of hydrogen-bond donors (Lipinski definition) is 0. The quantitative estimate of drug-likeness (QED) is 0.391. The topological polar surface area (TPSA) is 0 Å². The number of halogens is 1. The van der Waals surface area contributed by atoms with Crippen molar-refractivity contribution < 1.29 is 0 Å². The third-order valence-corrected chi connectivity index (χ3v) is 0. The molecule has 30 valence electrons. The normalized spacial score (nSPS) is 1.50. The van der Waals surface area contributed by atoms with Crippen LogP contribution in [0.5, 0.6) is 0 Å². The van der Waals surface area contributed by atoms with Crippen molar-refractivity contribution >= 4 is 12.4 Å². The molecule has 0 bridgehead atoms. The van der Waals surface area contributed by atoms with Crippen LogP contribution in [0.25, 0.3) is 0 Å². The zero-order valence-corrected chi connectivity index (χ0v) is 2.93. The van der Waals surface area contributed by atoms with E-state index in [-0.39, 0.29) is 19.8 Å². The molecular weight excluding hydrogens is 71.5 g/mol. The fourth-order valence-electron chi connectivity index (χ4n) is 0. The van der Waals surface area contributed by atoms with E-state index in [1.165, 1.54) is 0 Å². The van der Waals surface area contributed by atoms with Gasteiger partial charge in [0.2, 0.25) is 0 Å². The van der Waals surface area contributed by atoms with Gasteiger partial charge in [0, 0.05) is 0 Å². The Hall–Kier alpha value is 0.290. The molecule has 0 aromatic carbocycles. The van der Waals surface area contributed by atoms with Gasteiger partial charge < -0.3 is 6.92 Å². The number of hydrogen-bond acceptors (Lipinski definition) is 0. The zero-order chi connectivity index (χ0) is 2.00. The molecule has 0 aromatic rings. The maximum absolute atomic E-state index is 3.25. The highest BCUT2D eigenvalue weighted by molar-refractivity contribution is 5.85. The van der Waals surface area contributed by atoms with Gasteiger partial charge in [-0.25, -0.2) is 0 Å². The average molecular weight is 81.6 g/mol. The van der Waals surface area contributed by atoms with Crippen LogP contribution in [0.3, 0.4) is 0 Å². The molecule has 0 rings (SSSR count). The molecule has 0 aliphatic heterocycles. The van der Waals surface area contributed by atoms with E-state index in [9.17, 15) is 0 Å². The lowest BCUT2D eigenvalue weighted by Gasteiger charge is -1.27. The largest absolute Gasteiger partial charge is 0.346 e. The van der Waals surface area contributed by atoms with Crippen LogP contribution in [-0.2, 0) is 0 Å². The summed E-state index contributed by atoms with van der Waals surface area (Å²) in [6.07, 6.45) is 0. The molecule has 0 saturated carbocycles. The molecule has 0 saturated heterocycles.